The normalized spacial score (nSPS) is 10.3. The van der Waals surface area contributed by atoms with E-state index in [0.717, 1.165) is 30.3 Å². The van der Waals surface area contributed by atoms with E-state index in [1.807, 2.05) is 0 Å². The summed E-state index contributed by atoms with van der Waals surface area (Å²) in [4.78, 5) is 11.8. The summed E-state index contributed by atoms with van der Waals surface area (Å²) in [5, 5.41) is 0. The molecule has 2 aromatic rings. The van der Waals surface area contributed by atoms with Crippen molar-refractivity contribution in [2.75, 3.05) is 0 Å². The molecule has 1 nitrogen and oxygen atoms in total. The fourth-order valence-electron chi connectivity index (χ4n) is 1.43. The Morgan fingerprint density at radius 1 is 0.824 bits per heavy atom. The minimum absolute atomic E-state index is 0.107. The topological polar surface area (TPSA) is 17.1 Å². The van der Waals surface area contributed by atoms with Crippen molar-refractivity contribution < 1.29 is 18.0 Å². The zero-order valence-electron chi connectivity index (χ0n) is 8.58. The number of carbonyl (C=O) groups is 1. The zero-order valence-corrected chi connectivity index (χ0v) is 8.58. The predicted octanol–water partition coefficient (Wildman–Crippen LogP) is 3.33. The summed E-state index contributed by atoms with van der Waals surface area (Å²) in [6.07, 6.45) is 0. The molecule has 2 rings (SSSR count). The van der Waals surface area contributed by atoms with E-state index in [2.05, 4.69) is 0 Å². The van der Waals surface area contributed by atoms with Crippen LogP contribution in [0.15, 0.2) is 42.5 Å². The molecule has 0 heterocycles. The Morgan fingerprint density at radius 3 is 2.06 bits per heavy atom. The Morgan fingerprint density at radius 2 is 1.41 bits per heavy atom. The van der Waals surface area contributed by atoms with Gasteiger partial charge in [0, 0.05) is 5.56 Å². The largest absolute Gasteiger partial charge is 0.288 e. The third-order valence-electron chi connectivity index (χ3n) is 2.28. The van der Waals surface area contributed by atoms with Crippen molar-refractivity contribution in [1.29, 1.82) is 0 Å². The Bertz CT molecular complexity index is 561. The number of rotatable bonds is 2. The van der Waals surface area contributed by atoms with E-state index >= 15 is 0 Å². The van der Waals surface area contributed by atoms with Gasteiger partial charge >= 0.3 is 0 Å². The van der Waals surface area contributed by atoms with Crippen LogP contribution in [0.4, 0.5) is 13.2 Å². The maximum Gasteiger partial charge on any atom is 0.196 e. The zero-order chi connectivity index (χ0) is 12.4. The highest BCUT2D eigenvalue weighted by Gasteiger charge is 2.14. The van der Waals surface area contributed by atoms with Crippen molar-refractivity contribution in [3.63, 3.8) is 0 Å². The molecular formula is C13H7F3O. The molecule has 0 aromatic heterocycles. The number of carbonyl (C=O) groups excluding carboxylic acids is 1. The van der Waals surface area contributed by atoms with Gasteiger partial charge in [0.1, 0.15) is 17.5 Å². The first-order valence-electron chi connectivity index (χ1n) is 4.83. The average molecular weight is 236 g/mol. The quantitative estimate of drug-likeness (QED) is 0.731. The van der Waals surface area contributed by atoms with Gasteiger partial charge in [0.05, 0.1) is 5.56 Å². The molecule has 17 heavy (non-hydrogen) atoms. The second-order valence-electron chi connectivity index (χ2n) is 3.46. The molecular weight excluding hydrogens is 229 g/mol. The lowest BCUT2D eigenvalue weighted by molar-refractivity contribution is 0.103. The Kier molecular flexibility index (Phi) is 2.95. The monoisotopic (exact) mass is 236 g/mol. The van der Waals surface area contributed by atoms with Crippen LogP contribution < -0.4 is 0 Å². The van der Waals surface area contributed by atoms with E-state index in [0.29, 0.717) is 0 Å². The fraction of sp³-hybridized carbons (Fsp3) is 0. The van der Waals surface area contributed by atoms with Crippen LogP contribution >= 0.6 is 0 Å². The van der Waals surface area contributed by atoms with Crippen molar-refractivity contribution in [3.05, 3.63) is 71.0 Å². The third-order valence-corrected chi connectivity index (χ3v) is 2.28. The summed E-state index contributed by atoms with van der Waals surface area (Å²) in [5.74, 6) is -2.68. The first-order valence-corrected chi connectivity index (χ1v) is 4.83. The van der Waals surface area contributed by atoms with Gasteiger partial charge in [-0.3, -0.25) is 4.79 Å². The molecule has 0 atom stereocenters. The summed E-state index contributed by atoms with van der Waals surface area (Å²) in [6.45, 7) is 0. The first kappa shape index (κ1) is 11.4. The van der Waals surface area contributed by atoms with E-state index in [4.69, 9.17) is 0 Å². The summed E-state index contributed by atoms with van der Waals surface area (Å²) in [7, 11) is 0. The molecule has 0 aliphatic heterocycles. The predicted molar refractivity (Wildman–Crippen MR) is 56.2 cm³/mol. The molecule has 0 radical (unpaired) electrons. The van der Waals surface area contributed by atoms with Gasteiger partial charge in [-0.25, -0.2) is 13.2 Å². The molecule has 0 amide bonds. The molecule has 0 fully saturated rings. The van der Waals surface area contributed by atoms with Gasteiger partial charge in [-0.2, -0.15) is 0 Å². The minimum atomic E-state index is -0.805. The second kappa shape index (κ2) is 4.41. The van der Waals surface area contributed by atoms with Crippen LogP contribution in [0, 0.1) is 17.5 Å². The van der Waals surface area contributed by atoms with Gasteiger partial charge in [-0.05, 0) is 42.5 Å². The Labute approximate surface area is 95.5 Å². The molecule has 0 N–H and O–H groups in total. The molecule has 0 unspecified atom stereocenters. The summed E-state index contributed by atoms with van der Waals surface area (Å²) < 4.78 is 38.9. The van der Waals surface area contributed by atoms with Gasteiger partial charge in [0.25, 0.3) is 0 Å². The van der Waals surface area contributed by atoms with E-state index in [1.165, 1.54) is 12.1 Å². The number of hydrogen-bond donors (Lipinski definition) is 0. The van der Waals surface area contributed by atoms with E-state index < -0.39 is 23.2 Å². The van der Waals surface area contributed by atoms with Crippen molar-refractivity contribution in [2.24, 2.45) is 0 Å². The highest BCUT2D eigenvalue weighted by molar-refractivity contribution is 6.09. The number of benzene rings is 2. The van der Waals surface area contributed by atoms with Crippen molar-refractivity contribution in [2.45, 2.75) is 0 Å². The maximum atomic E-state index is 13.3. The third kappa shape index (κ3) is 2.36. The SMILES string of the molecule is O=C(c1ccc(F)cc1)c1cc(F)ccc1F. The first-order chi connectivity index (χ1) is 8.08. The van der Waals surface area contributed by atoms with Crippen molar-refractivity contribution in [3.8, 4) is 0 Å². The van der Waals surface area contributed by atoms with Crippen molar-refractivity contribution >= 4 is 5.78 Å². The van der Waals surface area contributed by atoms with E-state index in [-0.39, 0.29) is 11.1 Å². The molecule has 0 spiro atoms. The van der Waals surface area contributed by atoms with E-state index in [1.54, 1.807) is 0 Å². The smallest absolute Gasteiger partial charge is 0.196 e. The van der Waals surface area contributed by atoms with Crippen molar-refractivity contribution in [1.82, 2.24) is 0 Å². The highest BCUT2D eigenvalue weighted by atomic mass is 19.1. The van der Waals surface area contributed by atoms with Crippen LogP contribution in [-0.4, -0.2) is 5.78 Å². The summed E-state index contributed by atoms with van der Waals surface area (Å²) >= 11 is 0. The molecule has 4 heteroatoms. The van der Waals surface area contributed by atoms with Crippen LogP contribution in [0.1, 0.15) is 15.9 Å². The van der Waals surface area contributed by atoms with Gasteiger partial charge in [0.2, 0.25) is 0 Å². The standard InChI is InChI=1S/C13H7F3O/c14-9-3-1-8(2-4-9)13(17)11-7-10(15)5-6-12(11)16/h1-7H. The van der Waals surface area contributed by atoms with Crippen LogP contribution in [0.25, 0.3) is 0 Å². The Hall–Kier alpha value is -2.10. The minimum Gasteiger partial charge on any atom is -0.288 e. The molecule has 0 saturated heterocycles. The van der Waals surface area contributed by atoms with Gasteiger partial charge in [0.15, 0.2) is 5.78 Å². The van der Waals surface area contributed by atoms with E-state index in [9.17, 15) is 18.0 Å². The molecule has 0 aliphatic rings. The molecule has 0 bridgehead atoms. The number of ketones is 1. The Balaban J connectivity index is 2.43. The summed E-state index contributed by atoms with van der Waals surface area (Å²) in [5.41, 5.74) is -0.257. The van der Waals surface area contributed by atoms with Crippen LogP contribution in [0.5, 0.6) is 0 Å². The maximum absolute atomic E-state index is 13.3. The van der Waals surface area contributed by atoms with Gasteiger partial charge < -0.3 is 0 Å². The number of halogens is 3. The average Bonchev–Trinajstić information content (AvgIpc) is 2.32. The van der Waals surface area contributed by atoms with Crippen LogP contribution in [-0.2, 0) is 0 Å². The molecule has 0 saturated carbocycles. The molecule has 0 aliphatic carbocycles. The second-order valence-corrected chi connectivity index (χ2v) is 3.46. The number of hydrogen-bond acceptors (Lipinski definition) is 1. The van der Waals surface area contributed by atoms with Crippen LogP contribution in [0.2, 0.25) is 0 Å². The van der Waals surface area contributed by atoms with Crippen LogP contribution in [0.3, 0.4) is 0 Å². The fourth-order valence-corrected chi connectivity index (χ4v) is 1.43. The molecule has 86 valence electrons. The highest BCUT2D eigenvalue weighted by Crippen LogP contribution is 2.15. The summed E-state index contributed by atoms with van der Waals surface area (Å²) in [6, 6.07) is 7.25. The van der Waals surface area contributed by atoms with Gasteiger partial charge in [-0.15, -0.1) is 0 Å². The lowest BCUT2D eigenvalue weighted by atomic mass is 10.0. The lowest BCUT2D eigenvalue weighted by Crippen LogP contribution is -2.04. The molecule has 2 aromatic carbocycles. The van der Waals surface area contributed by atoms with Gasteiger partial charge in [-0.1, -0.05) is 0 Å². The lowest BCUT2D eigenvalue weighted by Gasteiger charge is -2.02.